The van der Waals surface area contributed by atoms with Crippen LogP contribution in [0.25, 0.3) is 0 Å². The Kier molecular flexibility index (Phi) is 6.89. The Labute approximate surface area is 135 Å². The van der Waals surface area contributed by atoms with E-state index >= 15 is 0 Å². The van der Waals surface area contributed by atoms with Crippen LogP contribution >= 0.6 is 27.5 Å². The summed E-state index contributed by atoms with van der Waals surface area (Å²) < 4.78 is 6.77. The third-order valence-corrected chi connectivity index (χ3v) is 4.79. The first-order chi connectivity index (χ1) is 9.40. The maximum atomic E-state index is 6.27. The van der Waals surface area contributed by atoms with Gasteiger partial charge in [-0.2, -0.15) is 0 Å². The molecule has 0 unspecified atom stereocenters. The van der Waals surface area contributed by atoms with Crippen molar-refractivity contribution >= 4 is 27.5 Å². The highest BCUT2D eigenvalue weighted by atomic mass is 79.9. The van der Waals surface area contributed by atoms with Gasteiger partial charge in [-0.1, -0.05) is 39.3 Å². The molecule has 0 spiro atoms. The van der Waals surface area contributed by atoms with Gasteiger partial charge in [-0.05, 0) is 48.0 Å². The van der Waals surface area contributed by atoms with Crippen molar-refractivity contribution in [1.29, 1.82) is 0 Å². The first kappa shape index (κ1) is 17.9. The van der Waals surface area contributed by atoms with Gasteiger partial charge in [-0.3, -0.25) is 0 Å². The van der Waals surface area contributed by atoms with Crippen LogP contribution in [0.2, 0.25) is 5.15 Å². The van der Waals surface area contributed by atoms with Crippen LogP contribution in [0.3, 0.4) is 0 Å². The molecule has 20 heavy (non-hydrogen) atoms. The molecule has 0 saturated carbocycles. The van der Waals surface area contributed by atoms with Crippen molar-refractivity contribution in [3.8, 4) is 0 Å². The lowest BCUT2D eigenvalue weighted by Gasteiger charge is -2.30. The van der Waals surface area contributed by atoms with Gasteiger partial charge in [0, 0.05) is 6.61 Å². The van der Waals surface area contributed by atoms with E-state index in [0.717, 1.165) is 29.4 Å². The second-order valence-corrected chi connectivity index (χ2v) is 6.48. The van der Waals surface area contributed by atoms with Crippen molar-refractivity contribution in [2.45, 2.75) is 59.5 Å². The Balaban J connectivity index is 3.32. The summed E-state index contributed by atoms with van der Waals surface area (Å²) >= 11 is 9.76. The number of hydrogen-bond acceptors (Lipinski definition) is 3. The third-order valence-electron chi connectivity index (χ3n) is 3.45. The van der Waals surface area contributed by atoms with Crippen LogP contribution in [0.5, 0.6) is 0 Å². The average Bonchev–Trinajstić information content (AvgIpc) is 2.40. The molecule has 0 saturated heterocycles. The summed E-state index contributed by atoms with van der Waals surface area (Å²) in [5.41, 5.74) is 0.520. The average molecular weight is 364 g/mol. The number of aromatic nitrogens is 2. The van der Waals surface area contributed by atoms with Crippen LogP contribution in [-0.4, -0.2) is 16.6 Å². The van der Waals surface area contributed by atoms with E-state index in [1.54, 1.807) is 0 Å². The molecular formula is C15H24BrClN2O. The summed E-state index contributed by atoms with van der Waals surface area (Å²) in [6.45, 7) is 11.2. The molecule has 0 amide bonds. The Morgan fingerprint density at radius 1 is 1.20 bits per heavy atom. The van der Waals surface area contributed by atoms with Gasteiger partial charge in [0.1, 0.15) is 10.8 Å². The summed E-state index contributed by atoms with van der Waals surface area (Å²) in [6, 6.07) is 0. The molecule has 0 bridgehead atoms. The lowest BCUT2D eigenvalue weighted by Crippen LogP contribution is -2.31. The quantitative estimate of drug-likeness (QED) is 0.629. The third kappa shape index (κ3) is 3.92. The zero-order valence-electron chi connectivity index (χ0n) is 13.0. The van der Waals surface area contributed by atoms with Gasteiger partial charge >= 0.3 is 0 Å². The van der Waals surface area contributed by atoms with E-state index in [1.807, 2.05) is 6.92 Å². The summed E-state index contributed by atoms with van der Waals surface area (Å²) in [4.78, 5) is 9.19. The summed E-state index contributed by atoms with van der Waals surface area (Å²) in [6.07, 6.45) is 2.53. The first-order valence-electron chi connectivity index (χ1n) is 7.26. The van der Waals surface area contributed by atoms with Gasteiger partial charge in [-0.15, -0.1) is 0 Å². The Morgan fingerprint density at radius 3 is 2.25 bits per heavy atom. The smallest absolute Gasteiger partial charge is 0.162 e. The fourth-order valence-corrected chi connectivity index (χ4v) is 2.83. The maximum Gasteiger partial charge on any atom is 0.162 e. The molecule has 0 aromatic carbocycles. The minimum absolute atomic E-state index is 0.440. The van der Waals surface area contributed by atoms with Gasteiger partial charge in [0.05, 0.1) is 10.2 Å². The predicted molar refractivity (Wildman–Crippen MR) is 87.2 cm³/mol. The van der Waals surface area contributed by atoms with Crippen LogP contribution in [-0.2, 0) is 16.8 Å². The second kappa shape index (κ2) is 7.71. The number of halogens is 2. The van der Waals surface area contributed by atoms with Crippen molar-refractivity contribution in [3.05, 3.63) is 21.1 Å². The first-order valence-corrected chi connectivity index (χ1v) is 8.43. The molecule has 1 rings (SSSR count). The molecule has 1 aromatic heterocycles. The lowest BCUT2D eigenvalue weighted by atomic mass is 9.95. The highest BCUT2D eigenvalue weighted by molar-refractivity contribution is 9.10. The fourth-order valence-electron chi connectivity index (χ4n) is 2.30. The summed E-state index contributed by atoms with van der Waals surface area (Å²) in [5, 5.41) is 0.469. The maximum absolute atomic E-state index is 6.27. The largest absolute Gasteiger partial charge is 0.367 e. The SMILES string of the molecule is CCOC(CC)(CC)c1nc(Cl)c(Br)c(CC(C)C)n1. The van der Waals surface area contributed by atoms with Crippen molar-refractivity contribution in [3.63, 3.8) is 0 Å². The molecule has 1 aromatic rings. The molecule has 114 valence electrons. The number of ether oxygens (including phenoxy) is 1. The van der Waals surface area contributed by atoms with E-state index in [-0.39, 0.29) is 0 Å². The van der Waals surface area contributed by atoms with Crippen LogP contribution in [0.4, 0.5) is 0 Å². The number of nitrogens with zero attached hydrogens (tertiary/aromatic N) is 2. The number of hydrogen-bond donors (Lipinski definition) is 0. The Morgan fingerprint density at radius 2 is 1.80 bits per heavy atom. The van der Waals surface area contributed by atoms with Gasteiger partial charge in [0.25, 0.3) is 0 Å². The highest BCUT2D eigenvalue weighted by Crippen LogP contribution is 2.34. The molecule has 5 heteroatoms. The molecular weight excluding hydrogens is 340 g/mol. The molecule has 0 atom stereocenters. The Hall–Kier alpha value is -0.190. The fraction of sp³-hybridized carbons (Fsp3) is 0.733. The van der Waals surface area contributed by atoms with Gasteiger partial charge < -0.3 is 4.74 Å². The normalized spacial score (nSPS) is 12.2. The van der Waals surface area contributed by atoms with E-state index in [9.17, 15) is 0 Å². The minimum atomic E-state index is -0.440. The zero-order chi connectivity index (χ0) is 15.3. The summed E-state index contributed by atoms with van der Waals surface area (Å²) in [5.74, 6) is 1.21. The molecule has 0 aliphatic rings. The van der Waals surface area contributed by atoms with Crippen LogP contribution in [0, 0.1) is 5.92 Å². The van der Waals surface area contributed by atoms with E-state index in [0.29, 0.717) is 23.5 Å². The highest BCUT2D eigenvalue weighted by Gasteiger charge is 2.33. The minimum Gasteiger partial charge on any atom is -0.367 e. The standard InChI is InChI=1S/C15H24BrClN2O/c1-6-15(7-2,20-8-3)14-18-11(9-10(4)5)12(16)13(17)19-14/h10H,6-9H2,1-5H3. The van der Waals surface area contributed by atoms with Crippen LogP contribution < -0.4 is 0 Å². The van der Waals surface area contributed by atoms with Crippen LogP contribution in [0.1, 0.15) is 59.0 Å². The van der Waals surface area contributed by atoms with Crippen LogP contribution in [0.15, 0.2) is 4.47 Å². The zero-order valence-corrected chi connectivity index (χ0v) is 15.3. The predicted octanol–water partition coefficient (Wildman–Crippen LogP) is 5.14. The summed E-state index contributed by atoms with van der Waals surface area (Å²) in [7, 11) is 0. The number of rotatable bonds is 7. The van der Waals surface area contributed by atoms with Crippen molar-refractivity contribution in [1.82, 2.24) is 9.97 Å². The van der Waals surface area contributed by atoms with Crippen molar-refractivity contribution in [2.24, 2.45) is 5.92 Å². The molecule has 3 nitrogen and oxygen atoms in total. The topological polar surface area (TPSA) is 35.0 Å². The Bertz CT molecular complexity index is 448. The molecule has 1 heterocycles. The monoisotopic (exact) mass is 362 g/mol. The lowest BCUT2D eigenvalue weighted by molar-refractivity contribution is -0.0573. The molecule has 0 aliphatic carbocycles. The van der Waals surface area contributed by atoms with E-state index in [4.69, 9.17) is 21.3 Å². The van der Waals surface area contributed by atoms with Crippen molar-refractivity contribution < 1.29 is 4.74 Å². The van der Waals surface area contributed by atoms with E-state index < -0.39 is 5.60 Å². The molecule has 0 aliphatic heterocycles. The van der Waals surface area contributed by atoms with Crippen molar-refractivity contribution in [2.75, 3.05) is 6.61 Å². The van der Waals surface area contributed by atoms with Gasteiger partial charge in [0.2, 0.25) is 0 Å². The molecule has 0 N–H and O–H groups in total. The van der Waals surface area contributed by atoms with E-state index in [1.165, 1.54) is 0 Å². The van der Waals surface area contributed by atoms with E-state index in [2.05, 4.69) is 48.6 Å². The van der Waals surface area contributed by atoms with Gasteiger partial charge in [-0.25, -0.2) is 9.97 Å². The second-order valence-electron chi connectivity index (χ2n) is 5.33. The van der Waals surface area contributed by atoms with Gasteiger partial charge in [0.15, 0.2) is 5.82 Å². The molecule has 0 fully saturated rings. The molecule has 0 radical (unpaired) electrons.